The van der Waals surface area contributed by atoms with E-state index in [9.17, 15) is 4.39 Å². The number of rotatable bonds is 5. The molecule has 0 aliphatic carbocycles. The van der Waals surface area contributed by atoms with Crippen LogP contribution in [0.3, 0.4) is 0 Å². The van der Waals surface area contributed by atoms with Crippen LogP contribution in [0, 0.1) is 18.2 Å². The minimum absolute atomic E-state index is 0.0409. The molecule has 0 radical (unpaired) electrons. The van der Waals surface area contributed by atoms with Crippen LogP contribution in [0.4, 0.5) is 4.39 Å². The molecular weight excluding hydrogens is 271 g/mol. The molecule has 0 spiro atoms. The van der Waals surface area contributed by atoms with E-state index in [4.69, 9.17) is 20.6 Å². The minimum Gasteiger partial charge on any atom is -0.493 e. The number of amidine groups is 1. The third kappa shape index (κ3) is 3.51. The van der Waals surface area contributed by atoms with Gasteiger partial charge in [0.1, 0.15) is 18.3 Å². The number of methoxy groups -OCH3 is 1. The van der Waals surface area contributed by atoms with Gasteiger partial charge < -0.3 is 15.2 Å². The molecule has 4 nitrogen and oxygen atoms in total. The van der Waals surface area contributed by atoms with E-state index in [0.717, 1.165) is 11.1 Å². The van der Waals surface area contributed by atoms with Crippen molar-refractivity contribution < 1.29 is 13.9 Å². The summed E-state index contributed by atoms with van der Waals surface area (Å²) in [6.07, 6.45) is 0. The summed E-state index contributed by atoms with van der Waals surface area (Å²) < 4.78 is 24.2. The third-order valence-corrected chi connectivity index (χ3v) is 3.17. The van der Waals surface area contributed by atoms with Crippen LogP contribution in [0.15, 0.2) is 36.4 Å². The lowest BCUT2D eigenvalue weighted by molar-refractivity contribution is 0.283. The van der Waals surface area contributed by atoms with Crippen LogP contribution >= 0.6 is 0 Å². The number of nitrogen functional groups attached to an aromatic ring is 1. The Morgan fingerprint density at radius 1 is 1.19 bits per heavy atom. The molecule has 0 bridgehead atoms. The highest BCUT2D eigenvalue weighted by molar-refractivity contribution is 5.95. The molecule has 0 saturated carbocycles. The normalized spacial score (nSPS) is 10.2. The summed E-state index contributed by atoms with van der Waals surface area (Å²) in [5.41, 5.74) is 7.72. The van der Waals surface area contributed by atoms with Crippen molar-refractivity contribution in [3.8, 4) is 11.5 Å². The molecule has 2 rings (SSSR count). The van der Waals surface area contributed by atoms with Crippen LogP contribution < -0.4 is 15.2 Å². The van der Waals surface area contributed by atoms with Crippen molar-refractivity contribution in [1.29, 1.82) is 5.41 Å². The Balaban J connectivity index is 2.19. The number of ether oxygens (including phenoxy) is 2. The fourth-order valence-electron chi connectivity index (χ4n) is 1.91. The molecule has 0 saturated heterocycles. The number of benzene rings is 2. The van der Waals surface area contributed by atoms with Crippen LogP contribution in [0.5, 0.6) is 11.5 Å². The van der Waals surface area contributed by atoms with Gasteiger partial charge in [0.05, 0.1) is 7.11 Å². The topological polar surface area (TPSA) is 68.3 Å². The Hall–Kier alpha value is -2.56. The summed E-state index contributed by atoms with van der Waals surface area (Å²) in [6, 6.07) is 9.58. The fraction of sp³-hybridized carbons (Fsp3) is 0.188. The molecule has 0 unspecified atom stereocenters. The first-order valence-electron chi connectivity index (χ1n) is 6.41. The average molecular weight is 288 g/mol. The minimum atomic E-state index is -0.293. The lowest BCUT2D eigenvalue weighted by atomic mass is 10.1. The maximum atomic E-state index is 13.2. The van der Waals surface area contributed by atoms with Gasteiger partial charge in [0.2, 0.25) is 0 Å². The van der Waals surface area contributed by atoms with Crippen molar-refractivity contribution in [2.45, 2.75) is 13.5 Å². The first-order chi connectivity index (χ1) is 10.0. The fourth-order valence-corrected chi connectivity index (χ4v) is 1.91. The van der Waals surface area contributed by atoms with Gasteiger partial charge in [-0.25, -0.2) is 4.39 Å². The van der Waals surface area contributed by atoms with Crippen LogP contribution in [0.2, 0.25) is 0 Å². The summed E-state index contributed by atoms with van der Waals surface area (Å²) in [6.45, 7) is 2.13. The highest BCUT2D eigenvalue weighted by Gasteiger charge is 2.09. The SMILES string of the molecule is COc1cc(C(=N)N)ccc1OCc1cc(F)ccc1C. The molecule has 0 aliphatic rings. The predicted octanol–water partition coefficient (Wildman–Crippen LogP) is 3.01. The number of hydrogen-bond donors (Lipinski definition) is 2. The number of hydrogen-bond acceptors (Lipinski definition) is 3. The maximum Gasteiger partial charge on any atom is 0.161 e. The molecule has 3 N–H and O–H groups in total. The molecular formula is C16H17FN2O2. The quantitative estimate of drug-likeness (QED) is 0.656. The Kier molecular flexibility index (Phi) is 4.42. The molecule has 0 fully saturated rings. The van der Waals surface area contributed by atoms with Gasteiger partial charge in [-0.2, -0.15) is 0 Å². The monoisotopic (exact) mass is 288 g/mol. The zero-order valence-electron chi connectivity index (χ0n) is 11.9. The summed E-state index contributed by atoms with van der Waals surface area (Å²) in [5.74, 6) is 0.668. The molecule has 0 aromatic heterocycles. The second-order valence-corrected chi connectivity index (χ2v) is 4.64. The van der Waals surface area contributed by atoms with Crippen molar-refractivity contribution in [3.05, 3.63) is 58.9 Å². The first kappa shape index (κ1) is 14.8. The second kappa shape index (κ2) is 6.26. The predicted molar refractivity (Wildman–Crippen MR) is 79.5 cm³/mol. The molecule has 2 aromatic rings. The van der Waals surface area contributed by atoms with E-state index in [2.05, 4.69) is 0 Å². The second-order valence-electron chi connectivity index (χ2n) is 4.64. The van der Waals surface area contributed by atoms with Gasteiger partial charge in [0.25, 0.3) is 0 Å². The van der Waals surface area contributed by atoms with Crippen LogP contribution in [0.25, 0.3) is 0 Å². The van der Waals surface area contributed by atoms with Crippen molar-refractivity contribution >= 4 is 5.84 Å². The van der Waals surface area contributed by atoms with Gasteiger partial charge in [-0.1, -0.05) is 6.07 Å². The Morgan fingerprint density at radius 3 is 2.62 bits per heavy atom. The van der Waals surface area contributed by atoms with Crippen molar-refractivity contribution in [1.82, 2.24) is 0 Å². The summed E-state index contributed by atoms with van der Waals surface area (Å²) >= 11 is 0. The highest BCUT2D eigenvalue weighted by Crippen LogP contribution is 2.29. The molecule has 0 amide bonds. The van der Waals surface area contributed by atoms with Gasteiger partial charge in [0.15, 0.2) is 11.5 Å². The third-order valence-electron chi connectivity index (χ3n) is 3.17. The van der Waals surface area contributed by atoms with Crippen LogP contribution in [-0.4, -0.2) is 12.9 Å². The number of halogens is 1. The van der Waals surface area contributed by atoms with E-state index in [1.807, 2.05) is 6.92 Å². The molecule has 0 heterocycles. The molecule has 21 heavy (non-hydrogen) atoms. The van der Waals surface area contributed by atoms with E-state index >= 15 is 0 Å². The van der Waals surface area contributed by atoms with Crippen LogP contribution in [-0.2, 0) is 6.61 Å². The average Bonchev–Trinajstić information content (AvgIpc) is 2.47. The smallest absolute Gasteiger partial charge is 0.161 e. The largest absolute Gasteiger partial charge is 0.493 e. The Morgan fingerprint density at radius 2 is 1.95 bits per heavy atom. The zero-order valence-corrected chi connectivity index (χ0v) is 11.9. The summed E-state index contributed by atoms with van der Waals surface area (Å²) in [4.78, 5) is 0. The van der Waals surface area contributed by atoms with Gasteiger partial charge in [0, 0.05) is 5.56 Å². The lowest BCUT2D eigenvalue weighted by Crippen LogP contribution is -2.11. The number of aryl methyl sites for hydroxylation is 1. The van der Waals surface area contributed by atoms with E-state index in [1.54, 1.807) is 24.3 Å². The van der Waals surface area contributed by atoms with Crippen LogP contribution in [0.1, 0.15) is 16.7 Å². The van der Waals surface area contributed by atoms with Gasteiger partial charge >= 0.3 is 0 Å². The Labute approximate surface area is 122 Å². The standard InChI is InChI=1S/C16H17FN2O2/c1-10-3-5-13(17)7-12(10)9-21-14-6-4-11(16(18)19)8-15(14)20-2/h3-8H,9H2,1-2H3,(H3,18,19). The molecule has 110 valence electrons. The Bertz CT molecular complexity index is 671. The van der Waals surface area contributed by atoms with Gasteiger partial charge in [-0.15, -0.1) is 0 Å². The zero-order chi connectivity index (χ0) is 15.4. The highest BCUT2D eigenvalue weighted by atomic mass is 19.1. The molecule has 5 heteroatoms. The molecule has 2 aromatic carbocycles. The maximum absolute atomic E-state index is 13.2. The van der Waals surface area contributed by atoms with Gasteiger partial charge in [-0.3, -0.25) is 5.41 Å². The summed E-state index contributed by atoms with van der Waals surface area (Å²) in [5, 5.41) is 7.41. The van der Waals surface area contributed by atoms with E-state index in [-0.39, 0.29) is 18.3 Å². The molecule has 0 aliphatic heterocycles. The van der Waals surface area contributed by atoms with Crippen molar-refractivity contribution in [2.24, 2.45) is 5.73 Å². The van der Waals surface area contributed by atoms with E-state index < -0.39 is 0 Å². The first-order valence-corrected chi connectivity index (χ1v) is 6.41. The molecule has 0 atom stereocenters. The number of nitrogens with two attached hydrogens (primary N) is 1. The number of nitrogens with one attached hydrogen (secondary N) is 1. The van der Waals surface area contributed by atoms with Crippen molar-refractivity contribution in [3.63, 3.8) is 0 Å². The summed E-state index contributed by atoms with van der Waals surface area (Å²) in [7, 11) is 1.51. The van der Waals surface area contributed by atoms with E-state index in [1.165, 1.54) is 19.2 Å². The van der Waals surface area contributed by atoms with Crippen molar-refractivity contribution in [2.75, 3.05) is 7.11 Å². The van der Waals surface area contributed by atoms with Gasteiger partial charge in [-0.05, 0) is 48.4 Å². The van der Waals surface area contributed by atoms with E-state index in [0.29, 0.717) is 17.1 Å². The lowest BCUT2D eigenvalue weighted by Gasteiger charge is -2.13.